The van der Waals surface area contributed by atoms with Crippen molar-refractivity contribution in [1.29, 1.82) is 0 Å². The minimum atomic E-state index is -1.62. The number of allylic oxidation sites excluding steroid dienone is 17. The van der Waals surface area contributed by atoms with Crippen molar-refractivity contribution >= 4 is 11.9 Å². The smallest absolute Gasteiger partial charge is 0.309 e. The molecule has 0 radical (unpaired) electrons. The fourth-order valence-electron chi connectivity index (χ4n) is 5.07. The lowest BCUT2D eigenvalue weighted by Crippen LogP contribution is -2.59. The van der Waals surface area contributed by atoms with Crippen LogP contribution < -0.4 is 0 Å². The molecule has 1 heterocycles. The number of rotatable bonds is 30. The lowest BCUT2D eigenvalue weighted by Gasteiger charge is -2.39. The standard InChI is InChI=1S/C45H68O10/c1-3-5-7-9-11-13-15-17-19-21-23-25-27-29-31-33-40(47)52-36-38(37-53-45-44(51)43(50)42(49)39(35-46)55-45)54-41(48)34-32-30-28-26-24-22-20-18-16-14-12-10-8-6-4-2/h5-8,11-14,17-20,23-26,29,31,38-39,42-46,49-51H,3-4,9-10,15-16,21-22,27-28,30,32-37H2,1-2H3/b7-5+,8-6+,13-11+,14-12+,19-17+,20-18+,25-23+,26-24+,31-29+/t38-,39-,42+,43+,44-,45-/m1/s1. The van der Waals surface area contributed by atoms with E-state index in [0.29, 0.717) is 12.8 Å². The van der Waals surface area contributed by atoms with E-state index in [9.17, 15) is 30.0 Å². The highest BCUT2D eigenvalue weighted by Gasteiger charge is 2.44. The van der Waals surface area contributed by atoms with Crippen LogP contribution in [0, 0.1) is 0 Å². The maximum absolute atomic E-state index is 12.7. The van der Waals surface area contributed by atoms with E-state index < -0.39 is 55.4 Å². The van der Waals surface area contributed by atoms with Gasteiger partial charge in [-0.1, -0.05) is 123 Å². The van der Waals surface area contributed by atoms with Crippen molar-refractivity contribution in [2.45, 2.75) is 141 Å². The highest BCUT2D eigenvalue weighted by atomic mass is 16.7. The van der Waals surface area contributed by atoms with Gasteiger partial charge in [-0.3, -0.25) is 9.59 Å². The molecule has 0 saturated carbocycles. The van der Waals surface area contributed by atoms with Crippen LogP contribution in [0.3, 0.4) is 0 Å². The molecular weight excluding hydrogens is 700 g/mol. The maximum Gasteiger partial charge on any atom is 0.309 e. The molecule has 1 fully saturated rings. The minimum absolute atomic E-state index is 0.0268. The van der Waals surface area contributed by atoms with Crippen molar-refractivity contribution in [1.82, 2.24) is 0 Å². The Morgan fingerprint density at radius 2 is 1.05 bits per heavy atom. The molecule has 10 heteroatoms. The Balaban J connectivity index is 2.50. The number of hydrogen-bond donors (Lipinski definition) is 4. The Hall–Kier alpha value is -3.64. The van der Waals surface area contributed by atoms with Gasteiger partial charge in [0.15, 0.2) is 12.4 Å². The summed E-state index contributed by atoms with van der Waals surface area (Å²) in [6.07, 6.45) is 39.8. The van der Waals surface area contributed by atoms with Crippen LogP contribution in [0.4, 0.5) is 0 Å². The summed E-state index contributed by atoms with van der Waals surface area (Å²) in [6.45, 7) is 3.00. The zero-order valence-electron chi connectivity index (χ0n) is 33.1. The van der Waals surface area contributed by atoms with Crippen molar-refractivity contribution in [3.05, 3.63) is 109 Å². The monoisotopic (exact) mass is 768 g/mol. The number of carbonyl (C=O) groups excluding carboxylic acids is 2. The average Bonchev–Trinajstić information content (AvgIpc) is 3.18. The van der Waals surface area contributed by atoms with Crippen molar-refractivity contribution in [3.63, 3.8) is 0 Å². The van der Waals surface area contributed by atoms with E-state index in [2.05, 4.69) is 105 Å². The number of aliphatic hydroxyl groups is 4. The largest absolute Gasteiger partial charge is 0.461 e. The Bertz CT molecular complexity index is 1260. The van der Waals surface area contributed by atoms with Gasteiger partial charge in [-0.25, -0.2) is 0 Å². The first kappa shape index (κ1) is 49.4. The molecule has 308 valence electrons. The number of aliphatic hydroxyl groups excluding tert-OH is 4. The fourth-order valence-corrected chi connectivity index (χ4v) is 5.07. The lowest BCUT2D eigenvalue weighted by atomic mass is 9.99. The van der Waals surface area contributed by atoms with Gasteiger partial charge in [0, 0.05) is 6.42 Å². The van der Waals surface area contributed by atoms with Crippen LogP contribution in [0.2, 0.25) is 0 Å². The molecule has 10 nitrogen and oxygen atoms in total. The molecule has 0 aliphatic carbocycles. The van der Waals surface area contributed by atoms with E-state index >= 15 is 0 Å². The summed E-state index contributed by atoms with van der Waals surface area (Å²) in [5.74, 6) is -1.02. The van der Waals surface area contributed by atoms with Gasteiger partial charge >= 0.3 is 11.9 Å². The van der Waals surface area contributed by atoms with Crippen LogP contribution in [0.1, 0.15) is 104 Å². The van der Waals surface area contributed by atoms with Crippen molar-refractivity contribution in [2.24, 2.45) is 0 Å². The molecule has 1 aliphatic rings. The normalized spacial score (nSPS) is 21.7. The predicted molar refractivity (Wildman–Crippen MR) is 219 cm³/mol. The van der Waals surface area contributed by atoms with Crippen LogP contribution in [0.25, 0.3) is 0 Å². The summed E-state index contributed by atoms with van der Waals surface area (Å²) in [5, 5.41) is 39.9. The first-order valence-corrected chi connectivity index (χ1v) is 20.0. The van der Waals surface area contributed by atoms with Crippen LogP contribution in [0.15, 0.2) is 109 Å². The Morgan fingerprint density at radius 1 is 0.582 bits per heavy atom. The van der Waals surface area contributed by atoms with Gasteiger partial charge in [0.2, 0.25) is 0 Å². The van der Waals surface area contributed by atoms with Gasteiger partial charge in [-0.15, -0.1) is 0 Å². The number of unbranched alkanes of at least 4 members (excludes halogenated alkanes) is 2. The molecule has 0 bridgehead atoms. The third-order valence-electron chi connectivity index (χ3n) is 8.19. The Morgan fingerprint density at radius 3 is 1.55 bits per heavy atom. The second kappa shape index (κ2) is 34.8. The van der Waals surface area contributed by atoms with E-state index in [1.165, 1.54) is 0 Å². The SMILES string of the molecule is CC/C=C/C/C=C/C/C=C/C/C=C/C/C=C/CC(=O)OC[C@H](CO[C@@H]1O[C@H](CO)[C@H](O)[C@H](O)[C@H]1O)OC(=O)CCCC/C=C/C/C=C/C/C=C/C/C=C/CC. The number of ether oxygens (including phenoxy) is 4. The molecule has 0 aromatic heterocycles. The number of esters is 2. The molecule has 55 heavy (non-hydrogen) atoms. The summed E-state index contributed by atoms with van der Waals surface area (Å²) in [4.78, 5) is 25.2. The summed E-state index contributed by atoms with van der Waals surface area (Å²) in [5.41, 5.74) is 0. The van der Waals surface area contributed by atoms with Gasteiger partial charge in [0.05, 0.1) is 19.6 Å². The second-order valence-electron chi connectivity index (χ2n) is 13.0. The maximum atomic E-state index is 12.7. The van der Waals surface area contributed by atoms with E-state index in [4.69, 9.17) is 18.9 Å². The topological polar surface area (TPSA) is 152 Å². The number of carbonyl (C=O) groups is 2. The van der Waals surface area contributed by atoms with Gasteiger partial charge in [-0.05, 0) is 77.0 Å². The molecule has 4 N–H and O–H groups in total. The molecule has 1 rings (SSSR count). The van der Waals surface area contributed by atoms with E-state index in [1.54, 1.807) is 6.08 Å². The van der Waals surface area contributed by atoms with Crippen molar-refractivity contribution in [3.8, 4) is 0 Å². The molecule has 0 amide bonds. The van der Waals surface area contributed by atoms with Crippen LogP contribution in [0.5, 0.6) is 0 Å². The zero-order chi connectivity index (χ0) is 40.2. The predicted octanol–water partition coefficient (Wildman–Crippen LogP) is 7.76. The highest BCUT2D eigenvalue weighted by molar-refractivity contribution is 5.71. The van der Waals surface area contributed by atoms with Crippen LogP contribution in [-0.2, 0) is 28.5 Å². The summed E-state index contributed by atoms with van der Waals surface area (Å²) < 4.78 is 21.9. The average molecular weight is 769 g/mol. The summed E-state index contributed by atoms with van der Waals surface area (Å²) >= 11 is 0. The first-order valence-electron chi connectivity index (χ1n) is 20.0. The molecule has 1 saturated heterocycles. The fraction of sp³-hybridized carbons (Fsp3) is 0.556. The molecule has 0 aromatic carbocycles. The summed E-state index contributed by atoms with van der Waals surface area (Å²) in [6, 6.07) is 0. The first-order chi connectivity index (χ1) is 26.8. The quantitative estimate of drug-likeness (QED) is 0.0324. The molecule has 1 aliphatic heterocycles. The molecule has 0 spiro atoms. The van der Waals surface area contributed by atoms with E-state index in [1.807, 2.05) is 12.2 Å². The minimum Gasteiger partial charge on any atom is -0.461 e. The molecule has 0 aromatic rings. The second-order valence-corrected chi connectivity index (χ2v) is 13.0. The lowest BCUT2D eigenvalue weighted by molar-refractivity contribution is -0.305. The third-order valence-corrected chi connectivity index (χ3v) is 8.19. The Labute approximate surface area is 330 Å². The van der Waals surface area contributed by atoms with Crippen LogP contribution >= 0.6 is 0 Å². The zero-order valence-corrected chi connectivity index (χ0v) is 33.1. The van der Waals surface area contributed by atoms with Gasteiger partial charge in [0.1, 0.15) is 31.0 Å². The number of hydrogen-bond acceptors (Lipinski definition) is 10. The van der Waals surface area contributed by atoms with Crippen molar-refractivity contribution < 1.29 is 49.0 Å². The Kier molecular flexibility index (Phi) is 31.3. The van der Waals surface area contributed by atoms with Crippen molar-refractivity contribution in [2.75, 3.05) is 19.8 Å². The van der Waals surface area contributed by atoms with Gasteiger partial charge in [0.25, 0.3) is 0 Å². The van der Waals surface area contributed by atoms with E-state index in [-0.39, 0.29) is 26.1 Å². The molecular formula is C45H68O10. The summed E-state index contributed by atoms with van der Waals surface area (Å²) in [7, 11) is 0. The van der Waals surface area contributed by atoms with E-state index in [0.717, 1.165) is 64.2 Å². The van der Waals surface area contributed by atoms with Gasteiger partial charge in [-0.2, -0.15) is 0 Å². The molecule has 6 atom stereocenters. The van der Waals surface area contributed by atoms with Gasteiger partial charge < -0.3 is 39.4 Å². The molecule has 0 unspecified atom stereocenters. The highest BCUT2D eigenvalue weighted by Crippen LogP contribution is 2.22. The third kappa shape index (κ3) is 26.7. The van der Waals surface area contributed by atoms with Crippen LogP contribution in [-0.4, -0.2) is 89.0 Å².